The van der Waals surface area contributed by atoms with Gasteiger partial charge in [0, 0.05) is 30.5 Å². The Hall–Kier alpha value is -1.75. The first-order chi connectivity index (χ1) is 10.3. The molecule has 0 amide bonds. The van der Waals surface area contributed by atoms with Gasteiger partial charge in [0.1, 0.15) is 23.5 Å². The van der Waals surface area contributed by atoms with Crippen LogP contribution < -0.4 is 4.90 Å². The quantitative estimate of drug-likeness (QED) is 0.866. The molecule has 4 nitrogen and oxygen atoms in total. The molecule has 0 spiro atoms. The molecule has 2 heterocycles. The van der Waals surface area contributed by atoms with Crippen molar-refractivity contribution in [2.45, 2.75) is 25.3 Å². The van der Waals surface area contributed by atoms with Gasteiger partial charge in [-0.1, -0.05) is 6.07 Å². The van der Waals surface area contributed by atoms with Crippen molar-refractivity contribution in [1.29, 1.82) is 0 Å². The second-order valence-corrected chi connectivity index (χ2v) is 5.95. The summed E-state index contributed by atoms with van der Waals surface area (Å²) in [6.07, 6.45) is 4.95. The molecule has 0 radical (unpaired) electrons. The van der Waals surface area contributed by atoms with Crippen molar-refractivity contribution in [3.05, 3.63) is 30.3 Å². The van der Waals surface area contributed by atoms with E-state index in [2.05, 4.69) is 14.9 Å². The fraction of sp³-hybridized carbons (Fsp3) is 0.500. The standard InChI is InChI=1S/C16H18FN3O/c17-14-3-1-2-13-15(14)18-10-19-16(13)20(12-4-5-12)8-11-6-7-21-9-11/h1-3,10-12H,4-9H2. The number of nitrogens with zero attached hydrogens (tertiary/aromatic N) is 3. The Balaban J connectivity index is 1.73. The van der Waals surface area contributed by atoms with Crippen LogP contribution in [0.3, 0.4) is 0 Å². The summed E-state index contributed by atoms with van der Waals surface area (Å²) in [6.45, 7) is 2.61. The number of hydrogen-bond donors (Lipinski definition) is 0. The highest BCUT2D eigenvalue weighted by atomic mass is 19.1. The van der Waals surface area contributed by atoms with Gasteiger partial charge in [0.05, 0.1) is 6.61 Å². The van der Waals surface area contributed by atoms with Gasteiger partial charge in [0.25, 0.3) is 0 Å². The molecular weight excluding hydrogens is 269 g/mol. The van der Waals surface area contributed by atoms with Gasteiger partial charge in [-0.3, -0.25) is 0 Å². The molecule has 1 saturated heterocycles. The first kappa shape index (κ1) is 13.0. The van der Waals surface area contributed by atoms with Crippen molar-refractivity contribution in [2.24, 2.45) is 5.92 Å². The van der Waals surface area contributed by atoms with E-state index >= 15 is 0 Å². The average Bonchev–Trinajstić information content (AvgIpc) is 3.22. The second kappa shape index (κ2) is 5.22. The Kier molecular flexibility index (Phi) is 3.22. The van der Waals surface area contributed by atoms with Gasteiger partial charge < -0.3 is 9.64 Å². The van der Waals surface area contributed by atoms with Gasteiger partial charge in [-0.25, -0.2) is 14.4 Å². The average molecular weight is 287 g/mol. The molecule has 110 valence electrons. The van der Waals surface area contributed by atoms with E-state index in [1.54, 1.807) is 6.07 Å². The minimum atomic E-state index is -0.281. The number of halogens is 1. The molecular formula is C16H18FN3O. The van der Waals surface area contributed by atoms with Gasteiger partial charge in [-0.15, -0.1) is 0 Å². The molecule has 21 heavy (non-hydrogen) atoms. The smallest absolute Gasteiger partial charge is 0.149 e. The van der Waals surface area contributed by atoms with Crippen molar-refractivity contribution < 1.29 is 9.13 Å². The first-order valence-corrected chi connectivity index (χ1v) is 7.56. The van der Waals surface area contributed by atoms with Crippen molar-refractivity contribution in [2.75, 3.05) is 24.7 Å². The highest BCUT2D eigenvalue weighted by Crippen LogP contribution is 2.35. The van der Waals surface area contributed by atoms with Crippen molar-refractivity contribution in [1.82, 2.24) is 9.97 Å². The number of fused-ring (bicyclic) bond motifs is 1. The Bertz CT molecular complexity index is 653. The molecule has 4 rings (SSSR count). The summed E-state index contributed by atoms with van der Waals surface area (Å²) in [5, 5.41) is 0.809. The molecule has 2 aliphatic rings. The lowest BCUT2D eigenvalue weighted by Gasteiger charge is -2.27. The van der Waals surface area contributed by atoms with Gasteiger partial charge in [0.2, 0.25) is 0 Å². The zero-order chi connectivity index (χ0) is 14.2. The molecule has 1 saturated carbocycles. The predicted octanol–water partition coefficient (Wildman–Crippen LogP) is 2.77. The van der Waals surface area contributed by atoms with Crippen LogP contribution in [0.25, 0.3) is 10.9 Å². The normalized spacial score (nSPS) is 21.9. The summed E-state index contributed by atoms with van der Waals surface area (Å²) in [6, 6.07) is 5.63. The second-order valence-electron chi connectivity index (χ2n) is 5.95. The maximum absolute atomic E-state index is 13.9. The Morgan fingerprint density at radius 1 is 1.24 bits per heavy atom. The molecule has 1 aromatic heterocycles. The molecule has 1 aromatic carbocycles. The van der Waals surface area contributed by atoms with E-state index in [1.165, 1.54) is 25.2 Å². The number of rotatable bonds is 4. The summed E-state index contributed by atoms with van der Waals surface area (Å²) in [7, 11) is 0. The highest BCUT2D eigenvalue weighted by molar-refractivity contribution is 5.89. The monoisotopic (exact) mass is 287 g/mol. The van der Waals surface area contributed by atoms with Crippen LogP contribution in [-0.2, 0) is 4.74 Å². The third kappa shape index (κ3) is 2.46. The molecule has 0 bridgehead atoms. The fourth-order valence-corrected chi connectivity index (χ4v) is 3.07. The number of aromatic nitrogens is 2. The van der Waals surface area contributed by atoms with E-state index < -0.39 is 0 Å². The Labute approximate surface area is 122 Å². The summed E-state index contributed by atoms with van der Waals surface area (Å²) in [5.74, 6) is 1.13. The van der Waals surface area contributed by atoms with E-state index in [-0.39, 0.29) is 5.82 Å². The molecule has 1 aliphatic carbocycles. The van der Waals surface area contributed by atoms with Crippen LogP contribution in [0.1, 0.15) is 19.3 Å². The zero-order valence-corrected chi connectivity index (χ0v) is 11.8. The van der Waals surface area contributed by atoms with E-state index in [9.17, 15) is 4.39 Å². The number of anilines is 1. The SMILES string of the molecule is Fc1cccc2c(N(CC3CCOC3)C3CC3)ncnc12. The number of para-hydroxylation sites is 1. The summed E-state index contributed by atoms with van der Waals surface area (Å²) < 4.78 is 19.4. The van der Waals surface area contributed by atoms with Crippen LogP contribution in [0.5, 0.6) is 0 Å². The topological polar surface area (TPSA) is 38.2 Å². The fourth-order valence-electron chi connectivity index (χ4n) is 3.07. The van der Waals surface area contributed by atoms with Crippen LogP contribution in [0.2, 0.25) is 0 Å². The van der Waals surface area contributed by atoms with E-state index in [0.29, 0.717) is 17.5 Å². The van der Waals surface area contributed by atoms with E-state index in [0.717, 1.165) is 37.4 Å². The van der Waals surface area contributed by atoms with Crippen molar-refractivity contribution in [3.63, 3.8) is 0 Å². The number of ether oxygens (including phenoxy) is 1. The minimum Gasteiger partial charge on any atom is -0.381 e. The third-order valence-corrected chi connectivity index (χ3v) is 4.33. The highest BCUT2D eigenvalue weighted by Gasteiger charge is 2.33. The minimum absolute atomic E-state index is 0.281. The van der Waals surface area contributed by atoms with E-state index in [1.807, 2.05) is 6.07 Å². The maximum atomic E-state index is 13.9. The van der Waals surface area contributed by atoms with Crippen LogP contribution in [0, 0.1) is 11.7 Å². The number of benzene rings is 1. The van der Waals surface area contributed by atoms with Crippen LogP contribution in [0.4, 0.5) is 10.2 Å². The van der Waals surface area contributed by atoms with Crippen LogP contribution >= 0.6 is 0 Å². The van der Waals surface area contributed by atoms with Crippen molar-refractivity contribution in [3.8, 4) is 0 Å². The predicted molar refractivity (Wildman–Crippen MR) is 78.8 cm³/mol. The Morgan fingerprint density at radius 3 is 2.90 bits per heavy atom. The Morgan fingerprint density at radius 2 is 2.14 bits per heavy atom. The largest absolute Gasteiger partial charge is 0.381 e. The lowest BCUT2D eigenvalue weighted by Crippen LogP contribution is -2.32. The molecule has 2 aromatic rings. The van der Waals surface area contributed by atoms with Crippen LogP contribution in [-0.4, -0.2) is 35.8 Å². The summed E-state index contributed by atoms with van der Waals surface area (Å²) in [4.78, 5) is 10.9. The molecule has 1 atom stereocenters. The van der Waals surface area contributed by atoms with Crippen LogP contribution in [0.15, 0.2) is 24.5 Å². The van der Waals surface area contributed by atoms with Gasteiger partial charge in [-0.2, -0.15) is 0 Å². The first-order valence-electron chi connectivity index (χ1n) is 7.56. The van der Waals surface area contributed by atoms with Gasteiger partial charge >= 0.3 is 0 Å². The van der Waals surface area contributed by atoms with Gasteiger partial charge in [-0.05, 0) is 31.4 Å². The molecule has 1 aliphatic heterocycles. The zero-order valence-electron chi connectivity index (χ0n) is 11.8. The van der Waals surface area contributed by atoms with Gasteiger partial charge in [0.15, 0.2) is 0 Å². The number of hydrogen-bond acceptors (Lipinski definition) is 4. The summed E-state index contributed by atoms with van der Waals surface area (Å²) in [5.41, 5.74) is 0.413. The molecule has 5 heteroatoms. The van der Waals surface area contributed by atoms with E-state index in [4.69, 9.17) is 4.74 Å². The lowest BCUT2D eigenvalue weighted by atomic mass is 10.1. The maximum Gasteiger partial charge on any atom is 0.149 e. The lowest BCUT2D eigenvalue weighted by molar-refractivity contribution is 0.186. The molecule has 2 fully saturated rings. The molecule has 0 N–H and O–H groups in total. The summed E-state index contributed by atoms with van der Waals surface area (Å²) >= 11 is 0. The van der Waals surface area contributed by atoms with Crippen molar-refractivity contribution >= 4 is 16.7 Å². The third-order valence-electron chi connectivity index (χ3n) is 4.33. The molecule has 1 unspecified atom stereocenters.